The second-order valence-electron chi connectivity index (χ2n) is 8.46. The van der Waals surface area contributed by atoms with E-state index in [1.165, 1.54) is 12.8 Å². The summed E-state index contributed by atoms with van der Waals surface area (Å²) in [7, 11) is 0. The van der Waals surface area contributed by atoms with Gasteiger partial charge in [0.05, 0.1) is 16.3 Å². The summed E-state index contributed by atoms with van der Waals surface area (Å²) in [6.45, 7) is 4.07. The molecule has 1 aliphatic heterocycles. The third kappa shape index (κ3) is 4.19. The lowest BCUT2D eigenvalue weighted by Crippen LogP contribution is -2.41. The van der Waals surface area contributed by atoms with E-state index in [9.17, 15) is 5.11 Å². The van der Waals surface area contributed by atoms with Crippen LogP contribution >= 0.6 is 15.9 Å². The first kappa shape index (κ1) is 19.7. The van der Waals surface area contributed by atoms with Crippen LogP contribution in [0.3, 0.4) is 0 Å². The van der Waals surface area contributed by atoms with Crippen molar-refractivity contribution in [2.24, 2.45) is 0 Å². The highest BCUT2D eigenvalue weighted by atomic mass is 79.9. The summed E-state index contributed by atoms with van der Waals surface area (Å²) in [4.78, 5) is 7.08. The number of likely N-dealkylation sites (tertiary alicyclic amines) is 1. The SMILES string of the molecule is CC1(O)CCCN(C2CCC(Nc3ncc4oc(C#N)cc4c3Br)CC2)CC1. The average Bonchev–Trinajstić information content (AvgIpc) is 3.03. The van der Waals surface area contributed by atoms with Gasteiger partial charge in [0.25, 0.3) is 0 Å². The number of aliphatic hydroxyl groups is 1. The Balaban J connectivity index is 1.36. The van der Waals surface area contributed by atoms with Gasteiger partial charge in [-0.15, -0.1) is 0 Å². The summed E-state index contributed by atoms with van der Waals surface area (Å²) < 4.78 is 6.30. The summed E-state index contributed by atoms with van der Waals surface area (Å²) in [5.74, 6) is 1.11. The summed E-state index contributed by atoms with van der Waals surface area (Å²) >= 11 is 3.62. The van der Waals surface area contributed by atoms with Crippen molar-refractivity contribution in [3.8, 4) is 6.07 Å². The first-order valence-electron chi connectivity index (χ1n) is 10.2. The van der Waals surface area contributed by atoms with Gasteiger partial charge in [0.1, 0.15) is 11.9 Å². The van der Waals surface area contributed by atoms with E-state index in [1.807, 2.05) is 13.0 Å². The van der Waals surface area contributed by atoms with Crippen molar-refractivity contribution in [1.82, 2.24) is 9.88 Å². The fraction of sp³-hybridized carbons (Fsp3) is 0.619. The average molecular weight is 447 g/mol. The lowest BCUT2D eigenvalue weighted by Gasteiger charge is -2.37. The Morgan fingerprint density at radius 1 is 1.32 bits per heavy atom. The highest BCUT2D eigenvalue weighted by Crippen LogP contribution is 2.34. The normalized spacial score (nSPS) is 29.4. The molecule has 0 radical (unpaired) electrons. The molecule has 2 aliphatic rings. The van der Waals surface area contributed by atoms with Gasteiger partial charge >= 0.3 is 0 Å². The topological polar surface area (TPSA) is 85.3 Å². The summed E-state index contributed by atoms with van der Waals surface area (Å²) in [5.41, 5.74) is 0.123. The maximum absolute atomic E-state index is 10.3. The monoisotopic (exact) mass is 446 g/mol. The largest absolute Gasteiger partial charge is 0.444 e. The van der Waals surface area contributed by atoms with Crippen LogP contribution in [0.2, 0.25) is 0 Å². The predicted octanol–water partition coefficient (Wildman–Crippen LogP) is 4.42. The molecular weight excluding hydrogens is 420 g/mol. The second-order valence-corrected chi connectivity index (χ2v) is 9.25. The van der Waals surface area contributed by atoms with Crippen molar-refractivity contribution in [3.05, 3.63) is 22.5 Å². The summed E-state index contributed by atoms with van der Waals surface area (Å²) in [5, 5.41) is 23.8. The Hall–Kier alpha value is -1.62. The van der Waals surface area contributed by atoms with Gasteiger partial charge in [-0.25, -0.2) is 4.98 Å². The van der Waals surface area contributed by atoms with Crippen LogP contribution in [-0.4, -0.2) is 45.8 Å². The number of hydrogen-bond donors (Lipinski definition) is 2. The third-order valence-corrected chi connectivity index (χ3v) is 7.08. The van der Waals surface area contributed by atoms with E-state index in [1.54, 1.807) is 12.3 Å². The molecule has 0 amide bonds. The van der Waals surface area contributed by atoms with Crippen molar-refractivity contribution in [1.29, 1.82) is 5.26 Å². The fourth-order valence-corrected chi connectivity index (χ4v) is 5.09. The van der Waals surface area contributed by atoms with Crippen molar-refractivity contribution in [2.45, 2.75) is 69.6 Å². The number of rotatable bonds is 3. The van der Waals surface area contributed by atoms with Crippen LogP contribution in [0.4, 0.5) is 5.82 Å². The number of anilines is 1. The molecule has 2 fully saturated rings. The number of aromatic nitrogens is 1. The highest BCUT2D eigenvalue weighted by molar-refractivity contribution is 9.10. The maximum atomic E-state index is 10.3. The van der Waals surface area contributed by atoms with E-state index in [2.05, 4.69) is 31.1 Å². The molecule has 1 saturated carbocycles. The second kappa shape index (κ2) is 8.02. The lowest BCUT2D eigenvalue weighted by atomic mass is 9.90. The first-order valence-corrected chi connectivity index (χ1v) is 11.0. The minimum absolute atomic E-state index is 0.298. The van der Waals surface area contributed by atoms with Crippen LogP contribution in [0.1, 0.15) is 57.6 Å². The number of fused-ring (bicyclic) bond motifs is 1. The minimum Gasteiger partial charge on any atom is -0.444 e. The Kier molecular flexibility index (Phi) is 5.64. The zero-order valence-electron chi connectivity index (χ0n) is 16.2. The minimum atomic E-state index is -0.497. The molecule has 150 valence electrons. The Labute approximate surface area is 174 Å². The van der Waals surface area contributed by atoms with Gasteiger partial charge < -0.3 is 19.7 Å². The van der Waals surface area contributed by atoms with Crippen LogP contribution in [0, 0.1) is 11.3 Å². The molecular formula is C21H27BrN4O2. The molecule has 3 heterocycles. The third-order valence-electron chi connectivity index (χ3n) is 6.28. The molecule has 4 rings (SSSR count). The number of furan rings is 1. The van der Waals surface area contributed by atoms with E-state index < -0.39 is 5.60 Å². The van der Waals surface area contributed by atoms with Crippen LogP contribution in [0.5, 0.6) is 0 Å². The van der Waals surface area contributed by atoms with Gasteiger partial charge in [0.2, 0.25) is 5.76 Å². The smallest absolute Gasteiger partial charge is 0.204 e. The lowest BCUT2D eigenvalue weighted by molar-refractivity contribution is 0.0418. The number of hydrogen-bond acceptors (Lipinski definition) is 6. The number of nitrogens with one attached hydrogen (secondary N) is 1. The molecule has 0 spiro atoms. The van der Waals surface area contributed by atoms with Gasteiger partial charge in [-0.3, -0.25) is 0 Å². The zero-order valence-corrected chi connectivity index (χ0v) is 17.8. The number of pyridine rings is 1. The summed E-state index contributed by atoms with van der Waals surface area (Å²) in [6, 6.07) is 4.80. The van der Waals surface area contributed by atoms with E-state index >= 15 is 0 Å². The van der Waals surface area contributed by atoms with Crippen LogP contribution in [0.25, 0.3) is 11.0 Å². The van der Waals surface area contributed by atoms with Crippen molar-refractivity contribution in [3.63, 3.8) is 0 Å². The molecule has 1 atom stereocenters. The Morgan fingerprint density at radius 3 is 2.86 bits per heavy atom. The molecule has 6 nitrogen and oxygen atoms in total. The first-order chi connectivity index (χ1) is 13.4. The van der Waals surface area contributed by atoms with Gasteiger partial charge in [-0.1, -0.05) is 0 Å². The maximum Gasteiger partial charge on any atom is 0.204 e. The Bertz CT molecular complexity index is 880. The van der Waals surface area contributed by atoms with Crippen LogP contribution < -0.4 is 5.32 Å². The van der Waals surface area contributed by atoms with Gasteiger partial charge in [0, 0.05) is 30.1 Å². The molecule has 2 aromatic heterocycles. The zero-order chi connectivity index (χ0) is 19.7. The van der Waals surface area contributed by atoms with Gasteiger partial charge in [-0.05, 0) is 74.3 Å². The van der Waals surface area contributed by atoms with E-state index in [0.717, 1.165) is 60.9 Å². The molecule has 2 aromatic rings. The van der Waals surface area contributed by atoms with E-state index in [-0.39, 0.29) is 0 Å². The molecule has 1 unspecified atom stereocenters. The molecule has 7 heteroatoms. The number of nitriles is 1. The van der Waals surface area contributed by atoms with Gasteiger partial charge in [-0.2, -0.15) is 5.26 Å². The predicted molar refractivity (Wildman–Crippen MR) is 112 cm³/mol. The van der Waals surface area contributed by atoms with Crippen molar-refractivity contribution >= 4 is 32.7 Å². The highest BCUT2D eigenvalue weighted by Gasteiger charge is 2.31. The molecule has 0 aromatic carbocycles. The quantitative estimate of drug-likeness (QED) is 0.725. The van der Waals surface area contributed by atoms with E-state index in [0.29, 0.717) is 23.4 Å². The van der Waals surface area contributed by atoms with Crippen molar-refractivity contribution < 1.29 is 9.52 Å². The molecule has 2 N–H and O–H groups in total. The standard InChI is InChI=1S/C21H27BrN4O2/c1-21(27)7-2-9-26(10-8-21)15-5-3-14(4-6-15)25-20-19(22)17-11-16(12-23)28-18(17)13-24-20/h11,13-15,27H,2-10H2,1H3,(H,24,25). The van der Waals surface area contributed by atoms with Gasteiger partial charge in [0.15, 0.2) is 5.58 Å². The fourth-order valence-electron chi connectivity index (χ4n) is 4.56. The van der Waals surface area contributed by atoms with Crippen molar-refractivity contribution in [2.75, 3.05) is 18.4 Å². The van der Waals surface area contributed by atoms with Crippen LogP contribution in [0.15, 0.2) is 21.2 Å². The molecule has 28 heavy (non-hydrogen) atoms. The van der Waals surface area contributed by atoms with E-state index in [4.69, 9.17) is 9.68 Å². The number of halogens is 1. The van der Waals surface area contributed by atoms with Crippen LogP contribution in [-0.2, 0) is 0 Å². The molecule has 1 saturated heterocycles. The molecule has 1 aliphatic carbocycles. The Morgan fingerprint density at radius 2 is 2.11 bits per heavy atom. The summed E-state index contributed by atoms with van der Waals surface area (Å²) in [6.07, 6.45) is 9.10. The number of nitrogens with zero attached hydrogens (tertiary/aromatic N) is 3. The molecule has 0 bridgehead atoms.